The highest BCUT2D eigenvalue weighted by atomic mass is 31.2. The van der Waals surface area contributed by atoms with Crippen LogP contribution in [0.1, 0.15) is 12.8 Å². The Morgan fingerprint density at radius 2 is 2.05 bits per heavy atom. The van der Waals surface area contributed by atoms with Gasteiger partial charge in [0.1, 0.15) is 5.75 Å². The van der Waals surface area contributed by atoms with Crippen molar-refractivity contribution in [2.45, 2.75) is 18.9 Å². The van der Waals surface area contributed by atoms with Gasteiger partial charge in [-0.1, -0.05) is 36.4 Å². The van der Waals surface area contributed by atoms with Crippen LogP contribution in [0.25, 0.3) is 10.8 Å². The fraction of sp³-hybridized carbons (Fsp3) is 0.333. The Balaban J connectivity index is 1.73. The molecule has 0 saturated carbocycles. The van der Waals surface area contributed by atoms with E-state index in [0.717, 1.165) is 30.2 Å². The van der Waals surface area contributed by atoms with E-state index in [1.807, 2.05) is 47.1 Å². The van der Waals surface area contributed by atoms with Crippen LogP contribution in [-0.2, 0) is 9.09 Å². The van der Waals surface area contributed by atoms with Gasteiger partial charge in [-0.2, -0.15) is 4.67 Å². The average Bonchev–Trinajstić information content (AvgIpc) is 3.05. The zero-order valence-corrected chi connectivity index (χ0v) is 12.0. The molecule has 2 aromatic carbocycles. The van der Waals surface area contributed by atoms with Gasteiger partial charge in [0.05, 0.1) is 6.61 Å². The van der Waals surface area contributed by atoms with Crippen LogP contribution in [0.5, 0.6) is 5.75 Å². The van der Waals surface area contributed by atoms with Gasteiger partial charge < -0.3 is 4.52 Å². The highest BCUT2D eigenvalue weighted by Crippen LogP contribution is 2.60. The van der Waals surface area contributed by atoms with Gasteiger partial charge in [0, 0.05) is 18.0 Å². The van der Waals surface area contributed by atoms with Gasteiger partial charge in [-0.3, -0.25) is 4.52 Å². The molecule has 4 rings (SSSR count). The van der Waals surface area contributed by atoms with Crippen LogP contribution in [0, 0.1) is 0 Å². The Bertz CT molecular complexity index is 697. The molecule has 0 bridgehead atoms. The molecule has 4 nitrogen and oxygen atoms in total. The lowest BCUT2D eigenvalue weighted by Crippen LogP contribution is -2.22. The molecule has 0 aliphatic carbocycles. The first-order valence-corrected chi connectivity index (χ1v) is 8.45. The SMILES string of the molecule is O=[P@]1(Oc2cccc3ccccc23)OC[C@@H]2CCCN21. The van der Waals surface area contributed by atoms with Crippen molar-refractivity contribution < 1.29 is 13.6 Å². The van der Waals surface area contributed by atoms with Crippen molar-refractivity contribution in [1.82, 2.24) is 4.67 Å². The monoisotopic (exact) mass is 289 g/mol. The third-order valence-corrected chi connectivity index (χ3v) is 6.11. The lowest BCUT2D eigenvalue weighted by molar-refractivity contribution is 0.288. The van der Waals surface area contributed by atoms with E-state index in [2.05, 4.69) is 0 Å². The predicted molar refractivity (Wildman–Crippen MR) is 77.9 cm³/mol. The van der Waals surface area contributed by atoms with E-state index in [0.29, 0.717) is 12.4 Å². The zero-order valence-electron chi connectivity index (χ0n) is 11.1. The molecular weight excluding hydrogens is 273 g/mol. The Labute approximate surface area is 117 Å². The van der Waals surface area contributed by atoms with Crippen molar-refractivity contribution in [2.24, 2.45) is 0 Å². The Morgan fingerprint density at radius 1 is 1.20 bits per heavy atom. The molecule has 0 N–H and O–H groups in total. The molecule has 2 aliphatic rings. The van der Waals surface area contributed by atoms with Gasteiger partial charge in [-0.05, 0) is 24.3 Å². The van der Waals surface area contributed by atoms with Gasteiger partial charge >= 0.3 is 7.75 Å². The first kappa shape index (κ1) is 12.4. The summed E-state index contributed by atoms with van der Waals surface area (Å²) in [6.07, 6.45) is 2.11. The highest BCUT2D eigenvalue weighted by molar-refractivity contribution is 7.52. The van der Waals surface area contributed by atoms with Crippen LogP contribution in [0.2, 0.25) is 0 Å². The largest absolute Gasteiger partial charge is 0.461 e. The van der Waals surface area contributed by atoms with Crippen molar-refractivity contribution in [1.29, 1.82) is 0 Å². The van der Waals surface area contributed by atoms with E-state index in [1.54, 1.807) is 0 Å². The van der Waals surface area contributed by atoms with Gasteiger partial charge in [-0.15, -0.1) is 0 Å². The fourth-order valence-electron chi connectivity index (χ4n) is 3.05. The van der Waals surface area contributed by atoms with E-state index in [4.69, 9.17) is 9.05 Å². The lowest BCUT2D eigenvalue weighted by Gasteiger charge is -2.21. The molecule has 0 spiro atoms. The highest BCUT2D eigenvalue weighted by Gasteiger charge is 2.49. The quantitative estimate of drug-likeness (QED) is 0.788. The van der Waals surface area contributed by atoms with Crippen molar-refractivity contribution in [2.75, 3.05) is 13.2 Å². The molecule has 0 unspecified atom stereocenters. The molecule has 2 aromatic rings. The summed E-state index contributed by atoms with van der Waals surface area (Å²) in [6, 6.07) is 14.0. The smallest absolute Gasteiger partial charge is 0.412 e. The third-order valence-electron chi connectivity index (χ3n) is 4.05. The van der Waals surface area contributed by atoms with Crippen molar-refractivity contribution in [3.8, 4) is 5.75 Å². The summed E-state index contributed by atoms with van der Waals surface area (Å²) in [5.74, 6) is 0.638. The summed E-state index contributed by atoms with van der Waals surface area (Å²) in [6.45, 7) is 1.31. The van der Waals surface area contributed by atoms with Crippen molar-refractivity contribution in [3.05, 3.63) is 42.5 Å². The Kier molecular flexibility index (Phi) is 2.84. The minimum Gasteiger partial charge on any atom is -0.412 e. The van der Waals surface area contributed by atoms with Gasteiger partial charge in [0.15, 0.2) is 0 Å². The third kappa shape index (κ3) is 1.87. The van der Waals surface area contributed by atoms with E-state index >= 15 is 0 Å². The minimum absolute atomic E-state index is 0.260. The second kappa shape index (κ2) is 4.59. The molecule has 2 heterocycles. The molecule has 2 fully saturated rings. The Morgan fingerprint density at radius 3 is 3.00 bits per heavy atom. The molecule has 2 saturated heterocycles. The molecule has 0 radical (unpaired) electrons. The maximum atomic E-state index is 12.9. The molecule has 5 heteroatoms. The van der Waals surface area contributed by atoms with Crippen molar-refractivity contribution >= 4 is 18.5 Å². The number of benzene rings is 2. The first-order chi connectivity index (χ1) is 9.76. The average molecular weight is 289 g/mol. The van der Waals surface area contributed by atoms with Crippen LogP contribution < -0.4 is 4.52 Å². The van der Waals surface area contributed by atoms with Crippen LogP contribution in [0.4, 0.5) is 0 Å². The first-order valence-electron chi connectivity index (χ1n) is 6.95. The number of nitrogens with zero attached hydrogens (tertiary/aromatic N) is 1. The van der Waals surface area contributed by atoms with Gasteiger partial charge in [0.2, 0.25) is 0 Å². The van der Waals surface area contributed by atoms with Gasteiger partial charge in [-0.25, -0.2) is 4.57 Å². The van der Waals surface area contributed by atoms with E-state index in [1.165, 1.54) is 0 Å². The zero-order chi connectivity index (χ0) is 13.6. The number of rotatable bonds is 2. The number of fused-ring (bicyclic) bond motifs is 2. The lowest BCUT2D eigenvalue weighted by atomic mass is 10.1. The fourth-order valence-corrected chi connectivity index (χ4v) is 5.09. The second-order valence-corrected chi connectivity index (χ2v) is 7.18. The molecule has 0 amide bonds. The normalized spacial score (nSPS) is 29.7. The summed E-state index contributed by atoms with van der Waals surface area (Å²) in [5.41, 5.74) is 0. The topological polar surface area (TPSA) is 38.8 Å². The number of hydrogen-bond acceptors (Lipinski definition) is 3. The van der Waals surface area contributed by atoms with E-state index < -0.39 is 7.75 Å². The molecule has 0 aromatic heterocycles. The standard InChI is InChI=1S/C15H16NO3P/c17-20(16-10-4-7-13(16)11-18-20)19-15-9-3-6-12-5-1-2-8-14(12)15/h1-3,5-6,8-9,13H,4,7,10-11H2/t13-,20-/m0/s1. The van der Waals surface area contributed by atoms with Crippen LogP contribution in [0.15, 0.2) is 42.5 Å². The molecular formula is C15H16NO3P. The second-order valence-electron chi connectivity index (χ2n) is 5.29. The summed E-state index contributed by atoms with van der Waals surface area (Å²) in [4.78, 5) is 0. The van der Waals surface area contributed by atoms with Crippen LogP contribution >= 0.6 is 7.75 Å². The van der Waals surface area contributed by atoms with Crippen LogP contribution in [-0.4, -0.2) is 23.9 Å². The maximum Gasteiger partial charge on any atom is 0.461 e. The summed E-state index contributed by atoms with van der Waals surface area (Å²) in [5, 5.41) is 2.05. The maximum absolute atomic E-state index is 12.9. The summed E-state index contributed by atoms with van der Waals surface area (Å²) >= 11 is 0. The summed E-state index contributed by atoms with van der Waals surface area (Å²) in [7, 11) is -3.17. The van der Waals surface area contributed by atoms with Gasteiger partial charge in [0.25, 0.3) is 0 Å². The van der Waals surface area contributed by atoms with Crippen LogP contribution in [0.3, 0.4) is 0 Å². The number of hydrogen-bond donors (Lipinski definition) is 0. The minimum atomic E-state index is -3.17. The Hall–Kier alpha value is -1.35. The van der Waals surface area contributed by atoms with E-state index in [-0.39, 0.29) is 6.04 Å². The van der Waals surface area contributed by atoms with E-state index in [9.17, 15) is 4.57 Å². The summed E-state index contributed by atoms with van der Waals surface area (Å²) < 4.78 is 26.2. The van der Waals surface area contributed by atoms with Crippen molar-refractivity contribution in [3.63, 3.8) is 0 Å². The molecule has 2 aliphatic heterocycles. The molecule has 2 atom stereocenters. The molecule has 20 heavy (non-hydrogen) atoms. The molecule has 104 valence electrons. The predicted octanol–water partition coefficient (Wildman–Crippen LogP) is 3.82.